The Balaban J connectivity index is 1.74. The number of carbonyl (C=O) groups is 1. The van der Waals surface area contributed by atoms with Gasteiger partial charge in [-0.05, 0) is 51.2 Å². The molecular weight excluding hydrogens is 276 g/mol. The molecule has 1 heterocycles. The Labute approximate surface area is 133 Å². The third-order valence-corrected chi connectivity index (χ3v) is 4.54. The fourth-order valence-corrected chi connectivity index (χ4v) is 3.04. The van der Waals surface area contributed by atoms with E-state index in [0.717, 1.165) is 37.2 Å². The molecule has 1 aliphatic rings. The van der Waals surface area contributed by atoms with Gasteiger partial charge in [0, 0.05) is 19.1 Å². The van der Waals surface area contributed by atoms with E-state index >= 15 is 0 Å². The summed E-state index contributed by atoms with van der Waals surface area (Å²) < 4.78 is 5.75. The summed E-state index contributed by atoms with van der Waals surface area (Å²) in [5, 5.41) is 0. The third-order valence-electron chi connectivity index (χ3n) is 4.54. The van der Waals surface area contributed by atoms with Gasteiger partial charge in [-0.2, -0.15) is 0 Å². The van der Waals surface area contributed by atoms with Crippen LogP contribution in [0.4, 0.5) is 0 Å². The zero-order chi connectivity index (χ0) is 16.1. The number of benzene rings is 1. The lowest BCUT2D eigenvalue weighted by atomic mass is 9.91. The van der Waals surface area contributed by atoms with Crippen molar-refractivity contribution in [1.29, 1.82) is 0 Å². The molecule has 4 heteroatoms. The van der Waals surface area contributed by atoms with E-state index in [1.807, 2.05) is 24.0 Å². The SMILES string of the molecule is Cc1ccc(OCCC(=O)N2CCC(C(C)N)CC2)c(C)c1. The molecule has 1 amide bonds. The summed E-state index contributed by atoms with van der Waals surface area (Å²) >= 11 is 0. The molecule has 22 heavy (non-hydrogen) atoms. The van der Waals surface area contributed by atoms with Crippen molar-refractivity contribution in [2.75, 3.05) is 19.7 Å². The minimum absolute atomic E-state index is 0.188. The molecule has 0 radical (unpaired) electrons. The van der Waals surface area contributed by atoms with E-state index in [-0.39, 0.29) is 11.9 Å². The van der Waals surface area contributed by atoms with Crippen molar-refractivity contribution in [2.24, 2.45) is 11.7 Å². The van der Waals surface area contributed by atoms with Crippen LogP contribution in [-0.2, 0) is 4.79 Å². The van der Waals surface area contributed by atoms with Gasteiger partial charge in [0.1, 0.15) is 5.75 Å². The fourth-order valence-electron chi connectivity index (χ4n) is 3.04. The topological polar surface area (TPSA) is 55.6 Å². The Morgan fingerprint density at radius 1 is 1.36 bits per heavy atom. The largest absolute Gasteiger partial charge is 0.493 e. The van der Waals surface area contributed by atoms with Crippen LogP contribution in [0.15, 0.2) is 18.2 Å². The molecule has 0 aliphatic carbocycles. The molecule has 122 valence electrons. The highest BCUT2D eigenvalue weighted by molar-refractivity contribution is 5.76. The highest BCUT2D eigenvalue weighted by Crippen LogP contribution is 2.21. The number of aryl methyl sites for hydroxylation is 2. The average Bonchev–Trinajstić information content (AvgIpc) is 2.49. The van der Waals surface area contributed by atoms with Crippen LogP contribution in [0.1, 0.15) is 37.3 Å². The van der Waals surface area contributed by atoms with Crippen molar-refractivity contribution in [2.45, 2.75) is 46.1 Å². The molecule has 0 aromatic heterocycles. The van der Waals surface area contributed by atoms with Gasteiger partial charge >= 0.3 is 0 Å². The predicted octanol–water partition coefficient (Wildman–Crippen LogP) is 2.66. The summed E-state index contributed by atoms with van der Waals surface area (Å²) in [5.41, 5.74) is 8.27. The van der Waals surface area contributed by atoms with Crippen LogP contribution in [0.3, 0.4) is 0 Å². The van der Waals surface area contributed by atoms with Crippen molar-refractivity contribution in [1.82, 2.24) is 4.90 Å². The summed E-state index contributed by atoms with van der Waals surface area (Å²) in [5.74, 6) is 1.61. The average molecular weight is 304 g/mol. The first-order chi connectivity index (χ1) is 10.5. The van der Waals surface area contributed by atoms with E-state index in [0.29, 0.717) is 18.9 Å². The van der Waals surface area contributed by atoms with E-state index < -0.39 is 0 Å². The lowest BCUT2D eigenvalue weighted by Gasteiger charge is -2.33. The lowest BCUT2D eigenvalue weighted by molar-refractivity contribution is -0.133. The Kier molecular flexibility index (Phi) is 5.83. The molecule has 1 aliphatic heterocycles. The number of piperidine rings is 1. The lowest BCUT2D eigenvalue weighted by Crippen LogP contribution is -2.42. The number of hydrogen-bond acceptors (Lipinski definition) is 3. The van der Waals surface area contributed by atoms with Gasteiger partial charge in [0.25, 0.3) is 0 Å². The number of amides is 1. The highest BCUT2D eigenvalue weighted by atomic mass is 16.5. The van der Waals surface area contributed by atoms with Gasteiger partial charge in [0.2, 0.25) is 5.91 Å². The number of rotatable bonds is 5. The molecule has 1 aromatic carbocycles. The van der Waals surface area contributed by atoms with Crippen LogP contribution in [0.2, 0.25) is 0 Å². The van der Waals surface area contributed by atoms with E-state index in [9.17, 15) is 4.79 Å². The van der Waals surface area contributed by atoms with Gasteiger partial charge in [0.05, 0.1) is 13.0 Å². The number of ether oxygens (including phenoxy) is 1. The normalized spacial score (nSPS) is 17.4. The summed E-state index contributed by atoms with van der Waals surface area (Å²) in [4.78, 5) is 14.2. The second kappa shape index (κ2) is 7.63. The highest BCUT2D eigenvalue weighted by Gasteiger charge is 2.24. The van der Waals surface area contributed by atoms with Gasteiger partial charge < -0.3 is 15.4 Å². The zero-order valence-electron chi connectivity index (χ0n) is 14.0. The number of nitrogens with zero attached hydrogens (tertiary/aromatic N) is 1. The Hall–Kier alpha value is -1.55. The van der Waals surface area contributed by atoms with Crippen molar-refractivity contribution in [3.63, 3.8) is 0 Å². The Morgan fingerprint density at radius 3 is 2.64 bits per heavy atom. The smallest absolute Gasteiger partial charge is 0.225 e. The third kappa shape index (κ3) is 4.47. The Bertz CT molecular complexity index is 506. The van der Waals surface area contributed by atoms with Crippen LogP contribution >= 0.6 is 0 Å². The van der Waals surface area contributed by atoms with Crippen LogP contribution in [-0.4, -0.2) is 36.5 Å². The zero-order valence-corrected chi connectivity index (χ0v) is 14.0. The van der Waals surface area contributed by atoms with Gasteiger partial charge in [-0.1, -0.05) is 17.7 Å². The van der Waals surface area contributed by atoms with E-state index in [1.165, 1.54) is 5.56 Å². The maximum atomic E-state index is 12.2. The minimum Gasteiger partial charge on any atom is -0.493 e. The predicted molar refractivity (Wildman–Crippen MR) is 89.0 cm³/mol. The van der Waals surface area contributed by atoms with Gasteiger partial charge in [-0.25, -0.2) is 0 Å². The number of carbonyl (C=O) groups excluding carboxylic acids is 1. The second-order valence-corrected chi connectivity index (χ2v) is 6.44. The standard InChI is InChI=1S/C18H28N2O2/c1-13-4-5-17(14(2)12-13)22-11-8-18(21)20-9-6-16(7-10-20)15(3)19/h4-5,12,15-16H,6-11,19H2,1-3H3. The first-order valence-corrected chi connectivity index (χ1v) is 8.21. The molecule has 1 aromatic rings. The second-order valence-electron chi connectivity index (χ2n) is 6.44. The molecular formula is C18H28N2O2. The number of nitrogens with two attached hydrogens (primary N) is 1. The van der Waals surface area contributed by atoms with Gasteiger partial charge in [-0.3, -0.25) is 4.79 Å². The Morgan fingerprint density at radius 2 is 2.05 bits per heavy atom. The van der Waals surface area contributed by atoms with E-state index in [2.05, 4.69) is 19.9 Å². The summed E-state index contributed by atoms with van der Waals surface area (Å²) in [6.45, 7) is 8.24. The molecule has 1 fully saturated rings. The molecule has 1 unspecified atom stereocenters. The molecule has 1 atom stereocenters. The molecule has 0 bridgehead atoms. The van der Waals surface area contributed by atoms with Crippen LogP contribution < -0.4 is 10.5 Å². The molecule has 2 rings (SSSR count). The number of hydrogen-bond donors (Lipinski definition) is 1. The van der Waals surface area contributed by atoms with Crippen molar-refractivity contribution in [3.05, 3.63) is 29.3 Å². The molecule has 0 spiro atoms. The molecule has 1 saturated heterocycles. The first-order valence-electron chi connectivity index (χ1n) is 8.21. The van der Waals surface area contributed by atoms with Crippen molar-refractivity contribution in [3.8, 4) is 5.75 Å². The first kappa shape index (κ1) is 16.8. The number of likely N-dealkylation sites (tertiary alicyclic amines) is 1. The van der Waals surface area contributed by atoms with Crippen molar-refractivity contribution >= 4 is 5.91 Å². The van der Waals surface area contributed by atoms with Gasteiger partial charge in [-0.15, -0.1) is 0 Å². The molecule has 0 saturated carbocycles. The summed E-state index contributed by atoms with van der Waals surface area (Å²) in [6.07, 6.45) is 2.47. The molecule has 4 nitrogen and oxygen atoms in total. The van der Waals surface area contributed by atoms with Crippen LogP contribution in [0.25, 0.3) is 0 Å². The minimum atomic E-state index is 0.188. The van der Waals surface area contributed by atoms with Crippen LogP contribution in [0.5, 0.6) is 5.75 Å². The molecule has 2 N–H and O–H groups in total. The van der Waals surface area contributed by atoms with Gasteiger partial charge in [0.15, 0.2) is 0 Å². The van der Waals surface area contributed by atoms with Crippen molar-refractivity contribution < 1.29 is 9.53 Å². The maximum absolute atomic E-state index is 12.2. The maximum Gasteiger partial charge on any atom is 0.225 e. The fraction of sp³-hybridized carbons (Fsp3) is 0.611. The van der Waals surface area contributed by atoms with E-state index in [1.54, 1.807) is 0 Å². The summed E-state index contributed by atoms with van der Waals surface area (Å²) in [6, 6.07) is 6.33. The quantitative estimate of drug-likeness (QED) is 0.910. The van der Waals surface area contributed by atoms with Crippen LogP contribution in [0, 0.1) is 19.8 Å². The monoisotopic (exact) mass is 304 g/mol. The van der Waals surface area contributed by atoms with E-state index in [4.69, 9.17) is 10.5 Å². The summed E-state index contributed by atoms with van der Waals surface area (Å²) in [7, 11) is 0.